The fourth-order valence-electron chi connectivity index (χ4n) is 0.235. The van der Waals surface area contributed by atoms with Crippen molar-refractivity contribution in [3.05, 3.63) is 12.3 Å². The molecule has 0 amide bonds. The van der Waals surface area contributed by atoms with E-state index in [1.54, 1.807) is 13.1 Å². The largest absolute Gasteiger partial charge is 0.374 e. The summed E-state index contributed by atoms with van der Waals surface area (Å²) in [6.07, 6.45) is 3.09. The van der Waals surface area contributed by atoms with Crippen LogP contribution < -0.4 is 5.32 Å². The van der Waals surface area contributed by atoms with E-state index < -0.39 is 6.23 Å². The second-order valence-corrected chi connectivity index (χ2v) is 1.34. The van der Waals surface area contributed by atoms with Gasteiger partial charge in [-0.3, -0.25) is 0 Å². The summed E-state index contributed by atoms with van der Waals surface area (Å²) < 4.78 is 0. The summed E-state index contributed by atoms with van der Waals surface area (Å²) in [6, 6.07) is 0. The monoisotopic (exact) mass is 101 g/mol. The van der Waals surface area contributed by atoms with Gasteiger partial charge >= 0.3 is 0 Å². The normalized spacial score (nSPS) is 14.7. The van der Waals surface area contributed by atoms with Crippen LogP contribution in [0.3, 0.4) is 0 Å². The van der Waals surface area contributed by atoms with Gasteiger partial charge in [-0.25, -0.2) is 0 Å². The molecule has 0 fully saturated rings. The highest BCUT2D eigenvalue weighted by Gasteiger charge is 1.81. The SMILES string of the molecule is CC=CNC(C)O. The van der Waals surface area contributed by atoms with E-state index in [4.69, 9.17) is 5.11 Å². The summed E-state index contributed by atoms with van der Waals surface area (Å²) in [6.45, 7) is 3.55. The second-order valence-electron chi connectivity index (χ2n) is 1.34. The molecule has 0 aromatic carbocycles. The zero-order valence-corrected chi connectivity index (χ0v) is 4.68. The van der Waals surface area contributed by atoms with Crippen molar-refractivity contribution < 1.29 is 5.11 Å². The van der Waals surface area contributed by atoms with Crippen LogP contribution in [-0.2, 0) is 0 Å². The Bertz CT molecular complexity index is 59.1. The van der Waals surface area contributed by atoms with Gasteiger partial charge in [-0.1, -0.05) is 6.08 Å². The van der Waals surface area contributed by atoms with Gasteiger partial charge in [0.05, 0.1) is 0 Å². The quantitative estimate of drug-likeness (QED) is 0.495. The number of hydrogen-bond acceptors (Lipinski definition) is 2. The van der Waals surface area contributed by atoms with Gasteiger partial charge in [0.25, 0.3) is 0 Å². The molecule has 0 aromatic rings. The van der Waals surface area contributed by atoms with Gasteiger partial charge < -0.3 is 10.4 Å². The maximum absolute atomic E-state index is 8.52. The predicted octanol–water partition coefficient (Wildman–Crippen LogP) is 0.448. The number of rotatable bonds is 2. The Labute approximate surface area is 43.9 Å². The van der Waals surface area contributed by atoms with Crippen molar-refractivity contribution in [1.82, 2.24) is 5.32 Å². The molecule has 42 valence electrons. The van der Waals surface area contributed by atoms with Gasteiger partial charge in [-0.15, -0.1) is 0 Å². The van der Waals surface area contributed by atoms with Crippen LogP contribution in [0, 0.1) is 0 Å². The smallest absolute Gasteiger partial charge is 0.121 e. The van der Waals surface area contributed by atoms with Crippen molar-refractivity contribution in [2.24, 2.45) is 0 Å². The van der Waals surface area contributed by atoms with Crippen LogP contribution in [0.15, 0.2) is 12.3 Å². The maximum atomic E-state index is 8.52. The van der Waals surface area contributed by atoms with Gasteiger partial charge in [-0.2, -0.15) is 0 Å². The summed E-state index contributed by atoms with van der Waals surface area (Å²) in [4.78, 5) is 0. The molecule has 1 atom stereocenters. The lowest BCUT2D eigenvalue weighted by atomic mass is 10.6. The van der Waals surface area contributed by atoms with E-state index in [1.165, 1.54) is 0 Å². The summed E-state index contributed by atoms with van der Waals surface area (Å²) in [5.74, 6) is 0. The van der Waals surface area contributed by atoms with Gasteiger partial charge in [0.2, 0.25) is 0 Å². The average molecular weight is 101 g/mol. The van der Waals surface area contributed by atoms with Crippen LogP contribution in [-0.4, -0.2) is 11.3 Å². The highest BCUT2D eigenvalue weighted by Crippen LogP contribution is 1.69. The van der Waals surface area contributed by atoms with Crippen molar-refractivity contribution in [2.75, 3.05) is 0 Å². The Kier molecular flexibility index (Phi) is 3.42. The van der Waals surface area contributed by atoms with Crippen LogP contribution in [0.1, 0.15) is 13.8 Å². The molecule has 0 aliphatic heterocycles. The van der Waals surface area contributed by atoms with Gasteiger partial charge in [-0.05, 0) is 20.0 Å². The number of hydrogen-bond donors (Lipinski definition) is 2. The third-order valence-electron chi connectivity index (χ3n) is 0.504. The maximum Gasteiger partial charge on any atom is 0.121 e. The average Bonchev–Trinajstić information content (AvgIpc) is 1.61. The molecule has 0 radical (unpaired) electrons. The van der Waals surface area contributed by atoms with Crippen molar-refractivity contribution in [1.29, 1.82) is 0 Å². The first-order valence-electron chi connectivity index (χ1n) is 2.32. The van der Waals surface area contributed by atoms with Crippen molar-refractivity contribution in [3.8, 4) is 0 Å². The zero-order valence-electron chi connectivity index (χ0n) is 4.68. The van der Waals surface area contributed by atoms with E-state index in [-0.39, 0.29) is 0 Å². The van der Waals surface area contributed by atoms with Gasteiger partial charge in [0, 0.05) is 0 Å². The molecule has 7 heavy (non-hydrogen) atoms. The Morgan fingerprint density at radius 2 is 2.29 bits per heavy atom. The Hall–Kier alpha value is -0.500. The van der Waals surface area contributed by atoms with E-state index in [0.29, 0.717) is 0 Å². The fraction of sp³-hybridized carbons (Fsp3) is 0.600. The second kappa shape index (κ2) is 3.68. The lowest BCUT2D eigenvalue weighted by Crippen LogP contribution is -2.18. The highest BCUT2D eigenvalue weighted by atomic mass is 16.3. The van der Waals surface area contributed by atoms with E-state index in [1.807, 2.05) is 13.0 Å². The highest BCUT2D eigenvalue weighted by molar-refractivity contribution is 4.73. The molecule has 2 nitrogen and oxygen atoms in total. The number of allylic oxidation sites excluding steroid dienone is 1. The van der Waals surface area contributed by atoms with E-state index in [9.17, 15) is 0 Å². The molecule has 0 bridgehead atoms. The fourth-order valence-corrected chi connectivity index (χ4v) is 0.235. The predicted molar refractivity (Wildman–Crippen MR) is 29.6 cm³/mol. The van der Waals surface area contributed by atoms with E-state index >= 15 is 0 Å². The lowest BCUT2D eigenvalue weighted by molar-refractivity contribution is 0.173. The van der Waals surface area contributed by atoms with Crippen molar-refractivity contribution >= 4 is 0 Å². The Balaban J connectivity index is 2.97. The molecule has 0 aromatic heterocycles. The Morgan fingerprint density at radius 3 is 2.43 bits per heavy atom. The van der Waals surface area contributed by atoms with Crippen molar-refractivity contribution in [3.63, 3.8) is 0 Å². The first-order chi connectivity index (χ1) is 3.27. The van der Waals surface area contributed by atoms with Crippen LogP contribution in [0.2, 0.25) is 0 Å². The molecule has 0 rings (SSSR count). The van der Waals surface area contributed by atoms with E-state index in [0.717, 1.165) is 0 Å². The first-order valence-corrected chi connectivity index (χ1v) is 2.32. The van der Waals surface area contributed by atoms with Crippen LogP contribution in [0.5, 0.6) is 0 Å². The van der Waals surface area contributed by atoms with Crippen molar-refractivity contribution in [2.45, 2.75) is 20.1 Å². The summed E-state index contributed by atoms with van der Waals surface area (Å²) in [5.41, 5.74) is 0. The lowest BCUT2D eigenvalue weighted by Gasteiger charge is -1.99. The van der Waals surface area contributed by atoms with Crippen LogP contribution in [0.4, 0.5) is 0 Å². The summed E-state index contributed by atoms with van der Waals surface area (Å²) >= 11 is 0. The Morgan fingerprint density at radius 1 is 1.71 bits per heavy atom. The molecular weight excluding hydrogens is 90.1 g/mol. The minimum atomic E-state index is -0.434. The summed E-state index contributed by atoms with van der Waals surface area (Å²) in [7, 11) is 0. The zero-order chi connectivity index (χ0) is 5.70. The van der Waals surface area contributed by atoms with Crippen LogP contribution in [0.25, 0.3) is 0 Å². The molecular formula is C5H11NO. The summed E-state index contributed by atoms with van der Waals surface area (Å²) in [5, 5.41) is 11.2. The molecule has 1 unspecified atom stereocenters. The molecule has 0 heterocycles. The molecule has 0 saturated heterocycles. The van der Waals surface area contributed by atoms with Crippen LogP contribution >= 0.6 is 0 Å². The third-order valence-corrected chi connectivity index (χ3v) is 0.504. The molecule has 2 heteroatoms. The first kappa shape index (κ1) is 6.50. The van der Waals surface area contributed by atoms with Gasteiger partial charge in [0.15, 0.2) is 0 Å². The molecule has 0 aliphatic rings. The standard InChI is InChI=1S/C5H11NO/c1-3-4-6-5(2)7/h3-7H,1-2H3. The topological polar surface area (TPSA) is 32.3 Å². The minimum Gasteiger partial charge on any atom is -0.374 e. The third kappa shape index (κ3) is 5.50. The number of aliphatic hydroxyl groups excluding tert-OH is 1. The minimum absolute atomic E-state index is 0.434. The van der Waals surface area contributed by atoms with Gasteiger partial charge in [0.1, 0.15) is 6.23 Å². The number of nitrogens with one attached hydrogen (secondary N) is 1. The molecule has 2 N–H and O–H groups in total. The number of aliphatic hydroxyl groups is 1. The molecule has 0 saturated carbocycles. The molecule has 0 aliphatic carbocycles. The van der Waals surface area contributed by atoms with E-state index in [2.05, 4.69) is 5.32 Å². The molecule has 0 spiro atoms.